The Hall–Kier alpha value is -3.17. The largest absolute Gasteiger partial charge is 1.00 e. The maximum absolute atomic E-state index is 13.5. The molecule has 0 amide bonds. The maximum Gasteiger partial charge on any atom is 1.00 e. The molecule has 3 aromatic carbocycles. The number of benzene rings is 3. The fourth-order valence-corrected chi connectivity index (χ4v) is 5.51. The van der Waals surface area contributed by atoms with E-state index in [0.29, 0.717) is 0 Å². The van der Waals surface area contributed by atoms with E-state index in [4.69, 9.17) is 5.73 Å². The second-order valence-corrected chi connectivity index (χ2v) is 11.2. The van der Waals surface area contributed by atoms with Crippen molar-refractivity contribution < 1.29 is 94.6 Å². The summed E-state index contributed by atoms with van der Waals surface area (Å²) in [7, 11) is -10.4. The third-order valence-corrected chi connectivity index (χ3v) is 7.69. The average molecular weight is 645 g/mol. The molecule has 0 spiro atoms. The number of aromatic nitrogens is 3. The molecule has 0 unspecified atom stereocenters. The number of hydrogen-bond donors (Lipinski definition) is 5. The van der Waals surface area contributed by atoms with Gasteiger partial charge in [0.2, 0.25) is 5.95 Å². The van der Waals surface area contributed by atoms with E-state index in [9.17, 15) is 45.1 Å². The molecule has 43 heavy (non-hydrogen) atoms. The van der Waals surface area contributed by atoms with Crippen LogP contribution < -0.4 is 86.9 Å². The van der Waals surface area contributed by atoms with Gasteiger partial charge in [-0.05, 0) is 24.3 Å². The summed E-state index contributed by atoms with van der Waals surface area (Å²) in [6.45, 7) is 0. The molecule has 0 saturated heterocycles. The van der Waals surface area contributed by atoms with Gasteiger partial charge in [0, 0.05) is 16.8 Å². The minimum atomic E-state index is -5.27. The van der Waals surface area contributed by atoms with Gasteiger partial charge in [-0.1, -0.05) is 24.3 Å². The van der Waals surface area contributed by atoms with Crippen LogP contribution in [0.15, 0.2) is 67.9 Å². The Morgan fingerprint density at radius 3 is 1.86 bits per heavy atom. The second kappa shape index (κ2) is 12.4. The molecule has 0 bridgehead atoms. The zero-order chi connectivity index (χ0) is 29.9. The first-order valence-corrected chi connectivity index (χ1v) is 13.9. The van der Waals surface area contributed by atoms with Crippen molar-refractivity contribution in [2.75, 3.05) is 16.4 Å². The van der Waals surface area contributed by atoms with Gasteiger partial charge < -0.3 is 25.5 Å². The summed E-state index contributed by atoms with van der Waals surface area (Å²) in [4.78, 5) is 55.3. The quantitative estimate of drug-likeness (QED) is 0.0654. The predicted molar refractivity (Wildman–Crippen MR) is 139 cm³/mol. The minimum absolute atomic E-state index is 0. The van der Waals surface area contributed by atoms with Crippen LogP contribution >= 0.6 is 0 Å². The topological polar surface area (TPSA) is 277 Å². The molecule has 0 aliphatic heterocycles. The van der Waals surface area contributed by atoms with Gasteiger partial charge >= 0.3 is 70.5 Å². The number of anilines is 5. The van der Waals surface area contributed by atoms with Crippen molar-refractivity contribution in [1.82, 2.24) is 15.0 Å². The third-order valence-electron chi connectivity index (χ3n) is 5.92. The van der Waals surface area contributed by atoms with Crippen molar-refractivity contribution in [2.24, 2.45) is 0 Å². The van der Waals surface area contributed by atoms with Gasteiger partial charge in [0.25, 0.3) is 0 Å². The molecule has 1 aliphatic rings. The molecule has 0 fully saturated rings. The Morgan fingerprint density at radius 2 is 1.30 bits per heavy atom. The van der Waals surface area contributed by atoms with Gasteiger partial charge in [-0.25, -0.2) is 26.4 Å². The Bertz CT molecular complexity index is 2140. The maximum atomic E-state index is 13.5. The standard InChI is InChI=1S/C23H16N6O10S2.2Na/c24-18-15(41(37,38)39)8-13(16-17(18)20(31)11-4-2-1-3-10(11)19(16)30)25-9-5-6-14(40(34,35)36)12(7-9)26-21-27-22(32)29-23(33)28-21;;/h1-8,25H,24H2,(H,34,35,36)(H,37,38,39)(H3,26,27,28,29,32,33);;/q;2*+1/p-2. The molecule has 16 nitrogen and oxygen atoms in total. The number of H-pyrrole nitrogens is 2. The molecule has 0 radical (unpaired) electrons. The molecule has 0 saturated carbocycles. The predicted octanol–water partition coefficient (Wildman–Crippen LogP) is -5.88. The number of nitrogens with one attached hydrogen (secondary N) is 4. The van der Waals surface area contributed by atoms with Crippen LogP contribution in [0.4, 0.5) is 28.7 Å². The van der Waals surface area contributed by atoms with Crippen LogP contribution in [0, 0.1) is 0 Å². The summed E-state index contributed by atoms with van der Waals surface area (Å²) >= 11 is 0. The van der Waals surface area contributed by atoms with Crippen LogP contribution in [0.3, 0.4) is 0 Å². The van der Waals surface area contributed by atoms with Crippen LogP contribution in [0.2, 0.25) is 0 Å². The van der Waals surface area contributed by atoms with Crippen LogP contribution in [0.5, 0.6) is 0 Å². The Kier molecular flexibility index (Phi) is 9.93. The summed E-state index contributed by atoms with van der Waals surface area (Å²) in [5.74, 6) is -2.09. The van der Waals surface area contributed by atoms with Crippen molar-refractivity contribution in [2.45, 2.75) is 9.79 Å². The van der Waals surface area contributed by atoms with Crippen LogP contribution in [0.1, 0.15) is 31.8 Å². The number of ketones is 2. The fourth-order valence-electron chi connectivity index (χ4n) is 4.26. The van der Waals surface area contributed by atoms with Gasteiger partial charge in [-0.3, -0.25) is 19.6 Å². The Morgan fingerprint density at radius 1 is 0.721 bits per heavy atom. The van der Waals surface area contributed by atoms with Crippen LogP contribution in [-0.4, -0.2) is 52.5 Å². The molecule has 1 aliphatic carbocycles. The van der Waals surface area contributed by atoms with Gasteiger partial charge in [0.15, 0.2) is 11.6 Å². The zero-order valence-corrected chi connectivity index (χ0v) is 27.7. The Balaban J connectivity index is 0.00000253. The molecule has 6 N–H and O–H groups in total. The Labute approximate surface area is 285 Å². The number of nitrogens with zero attached hydrogens (tertiary/aromatic N) is 1. The molecular formula is C23H14N6Na2O10S2. The van der Waals surface area contributed by atoms with E-state index in [1.165, 1.54) is 24.3 Å². The van der Waals surface area contributed by atoms with Crippen molar-refractivity contribution >= 4 is 60.5 Å². The first kappa shape index (κ1) is 34.3. The van der Waals surface area contributed by atoms with E-state index in [-0.39, 0.29) is 87.2 Å². The van der Waals surface area contributed by atoms with Gasteiger partial charge in [-0.15, -0.1) is 0 Å². The van der Waals surface area contributed by atoms with E-state index < -0.39 is 75.9 Å². The summed E-state index contributed by atoms with van der Waals surface area (Å²) in [6, 6.07) is 9.28. The smallest absolute Gasteiger partial charge is 0.744 e. The van der Waals surface area contributed by atoms with E-state index in [1.807, 2.05) is 0 Å². The first-order valence-electron chi connectivity index (χ1n) is 11.1. The summed E-state index contributed by atoms with van der Waals surface area (Å²) in [5, 5.41) is 4.98. The van der Waals surface area contributed by atoms with Gasteiger partial charge in [0.1, 0.15) is 20.2 Å². The average Bonchev–Trinajstić information content (AvgIpc) is 2.86. The monoisotopic (exact) mass is 644 g/mol. The zero-order valence-electron chi connectivity index (χ0n) is 22.0. The van der Waals surface area contributed by atoms with Crippen molar-refractivity contribution in [3.8, 4) is 0 Å². The second-order valence-electron chi connectivity index (χ2n) is 8.50. The normalized spacial score (nSPS) is 12.3. The first-order chi connectivity index (χ1) is 19.1. The van der Waals surface area contributed by atoms with Crippen LogP contribution in [0.25, 0.3) is 0 Å². The van der Waals surface area contributed by atoms with Gasteiger partial charge in [0.05, 0.1) is 38.0 Å². The van der Waals surface area contributed by atoms with E-state index in [0.717, 1.165) is 24.3 Å². The molecular weight excluding hydrogens is 630 g/mol. The summed E-state index contributed by atoms with van der Waals surface area (Å²) in [5.41, 5.74) is 1.13. The molecule has 210 valence electrons. The number of hydrogen-bond acceptors (Lipinski definition) is 14. The molecule has 0 atom stereocenters. The molecule has 20 heteroatoms. The number of fused-ring (bicyclic) bond motifs is 2. The number of nitrogen functional groups attached to an aromatic ring is 1. The van der Waals surface area contributed by atoms with Gasteiger partial charge in [-0.2, -0.15) is 4.98 Å². The number of carbonyl (C=O) groups excluding carboxylic acids is 2. The van der Waals surface area contributed by atoms with Crippen LogP contribution in [-0.2, 0) is 20.2 Å². The van der Waals surface area contributed by atoms with Crippen molar-refractivity contribution in [3.63, 3.8) is 0 Å². The fraction of sp³-hybridized carbons (Fsp3) is 0. The number of carbonyl (C=O) groups is 2. The number of aromatic amines is 2. The van der Waals surface area contributed by atoms with Crippen molar-refractivity contribution in [1.29, 1.82) is 0 Å². The summed E-state index contributed by atoms with van der Waals surface area (Å²) in [6.07, 6.45) is 0. The molecule has 5 rings (SSSR count). The SMILES string of the molecule is Nc1c(S(=O)(=O)[O-])cc(Nc2ccc(S(=O)(=O)[O-])c(Nc3nc(=O)[nH]c(=O)[nH]3)c2)c2c1C(=O)c1ccccc1C2=O.[Na+].[Na+]. The van der Waals surface area contributed by atoms with Crippen molar-refractivity contribution in [3.05, 3.63) is 91.8 Å². The summed E-state index contributed by atoms with van der Waals surface area (Å²) < 4.78 is 71.6. The van der Waals surface area contributed by atoms with E-state index in [1.54, 1.807) is 4.98 Å². The minimum Gasteiger partial charge on any atom is -0.744 e. The number of nitrogens with two attached hydrogens (primary N) is 1. The molecule has 1 aromatic heterocycles. The van der Waals surface area contributed by atoms with E-state index in [2.05, 4.69) is 20.6 Å². The number of rotatable bonds is 6. The molecule has 1 heterocycles. The molecule has 4 aromatic rings. The van der Waals surface area contributed by atoms with E-state index >= 15 is 0 Å². The third kappa shape index (κ3) is 6.68.